The molecule has 1 saturated heterocycles. The summed E-state index contributed by atoms with van der Waals surface area (Å²) in [6.45, 7) is 4.46. The summed E-state index contributed by atoms with van der Waals surface area (Å²) in [5.41, 5.74) is 5.14. The third kappa shape index (κ3) is 7.03. The van der Waals surface area contributed by atoms with Crippen LogP contribution in [0.15, 0.2) is 35.6 Å². The first-order valence-corrected chi connectivity index (χ1v) is 15.5. The lowest BCUT2D eigenvalue weighted by atomic mass is 9.85. The fourth-order valence-corrected chi connectivity index (χ4v) is 6.27. The quantitative estimate of drug-likeness (QED) is 0.187. The van der Waals surface area contributed by atoms with Crippen LogP contribution < -0.4 is 11.1 Å². The lowest BCUT2D eigenvalue weighted by Gasteiger charge is -2.27. The van der Waals surface area contributed by atoms with Gasteiger partial charge in [0.1, 0.15) is 17.4 Å². The minimum absolute atomic E-state index is 0.0144. The zero-order valence-electron chi connectivity index (χ0n) is 26.1. The van der Waals surface area contributed by atoms with E-state index in [-0.39, 0.29) is 36.6 Å². The Kier molecular flexibility index (Phi) is 9.42. The van der Waals surface area contributed by atoms with E-state index in [4.69, 9.17) is 5.73 Å². The Morgan fingerprint density at radius 3 is 2.59 bits per heavy atom. The maximum Gasteiger partial charge on any atom is 0.287 e. The maximum absolute atomic E-state index is 14.4. The van der Waals surface area contributed by atoms with Crippen LogP contribution in [-0.2, 0) is 24.8 Å². The molecule has 1 aliphatic carbocycles. The monoisotopic (exact) mass is 633 g/mol. The smallest absolute Gasteiger partial charge is 0.287 e. The van der Waals surface area contributed by atoms with E-state index < -0.39 is 53.1 Å². The van der Waals surface area contributed by atoms with Gasteiger partial charge in [0.25, 0.3) is 17.7 Å². The number of carbonyl (C=O) groups excluding carboxylic acids is 5. The number of nitrogens with one attached hydrogen (secondary N) is 2. The minimum Gasteiger partial charge on any atom is -0.384 e. The minimum atomic E-state index is -1.32. The number of nitrogens with two attached hydrogens (primary N) is 1. The van der Waals surface area contributed by atoms with E-state index in [0.29, 0.717) is 11.2 Å². The Hall–Kier alpha value is -4.79. The van der Waals surface area contributed by atoms with Crippen molar-refractivity contribution in [3.63, 3.8) is 0 Å². The number of benzene rings is 1. The average molecular weight is 634 g/mol. The molecule has 15 heteroatoms. The number of fused-ring (bicyclic) bond motifs is 1. The van der Waals surface area contributed by atoms with Gasteiger partial charge in [-0.3, -0.25) is 29.1 Å². The van der Waals surface area contributed by atoms with E-state index in [0.717, 1.165) is 37.5 Å². The van der Waals surface area contributed by atoms with Crippen molar-refractivity contribution in [2.75, 3.05) is 6.54 Å². The molecule has 3 aromatic rings. The summed E-state index contributed by atoms with van der Waals surface area (Å²) >= 11 is 0. The summed E-state index contributed by atoms with van der Waals surface area (Å²) in [5, 5.41) is 29.0. The fraction of sp³-hybridized carbons (Fsp3) is 0.516. The number of primary amides is 1. The van der Waals surface area contributed by atoms with Crippen LogP contribution in [-0.4, -0.2) is 88.9 Å². The van der Waals surface area contributed by atoms with Crippen LogP contribution in [0.4, 0.5) is 0 Å². The molecule has 1 aromatic carbocycles. The number of aromatic nitrogens is 5. The molecular formula is C31H39N9O6. The number of likely N-dealkylation sites (tertiary alicyclic amines) is 1. The van der Waals surface area contributed by atoms with Gasteiger partial charge < -0.3 is 21.1 Å². The highest BCUT2D eigenvalue weighted by Gasteiger charge is 2.44. The van der Waals surface area contributed by atoms with Gasteiger partial charge >= 0.3 is 0 Å². The Balaban J connectivity index is 1.50. The first-order chi connectivity index (χ1) is 21.8. The van der Waals surface area contributed by atoms with Crippen molar-refractivity contribution >= 4 is 46.0 Å². The molecular weight excluding hydrogens is 594 g/mol. The van der Waals surface area contributed by atoms with Gasteiger partial charge in [0.2, 0.25) is 11.7 Å². The molecule has 0 bridgehead atoms. The Morgan fingerprint density at radius 1 is 1.15 bits per heavy atom. The largest absolute Gasteiger partial charge is 0.384 e. The van der Waals surface area contributed by atoms with Crippen molar-refractivity contribution in [3.05, 3.63) is 41.9 Å². The van der Waals surface area contributed by atoms with Crippen LogP contribution in [0.2, 0.25) is 0 Å². The summed E-state index contributed by atoms with van der Waals surface area (Å²) < 4.78 is 1.48. The zero-order valence-corrected chi connectivity index (χ0v) is 26.1. The summed E-state index contributed by atoms with van der Waals surface area (Å²) in [4.78, 5) is 70.9. The van der Waals surface area contributed by atoms with E-state index >= 15 is 0 Å². The molecule has 3 atom stereocenters. The second-order valence-corrected chi connectivity index (χ2v) is 12.7. The standard InChI is InChI=1S/C31H39N9O6/c1-17(26(41)27(32)42)35-29(44)24-13-21(40-25(15-34-38-40)31(2,3)46)16-39(24)30(45)23(11-18-7-5-4-6-8-18)36-28(43)19-9-10-20-14-33-37-22(20)12-19/h9-10,12,14-15,17-18,21,24,46H,4-8,11,13,16H2,1-3H3,(H2,32,42)(H,33,37)(H,35,44)/t17?,21-,24-/m0/s1. The van der Waals surface area contributed by atoms with Gasteiger partial charge in [-0.25, -0.2) is 9.67 Å². The van der Waals surface area contributed by atoms with Gasteiger partial charge in [-0.05, 0) is 45.2 Å². The number of amides is 4. The molecule has 4 amide bonds. The molecule has 46 heavy (non-hydrogen) atoms. The molecule has 0 radical (unpaired) electrons. The van der Waals surface area contributed by atoms with Crippen molar-refractivity contribution in [1.29, 1.82) is 0 Å². The third-order valence-electron chi connectivity index (χ3n) is 8.76. The summed E-state index contributed by atoms with van der Waals surface area (Å²) in [6, 6.07) is 2.05. The Morgan fingerprint density at radius 2 is 1.89 bits per heavy atom. The number of nitrogens with zero attached hydrogens (tertiary/aromatic N) is 6. The first kappa shape index (κ1) is 32.6. The topological polar surface area (TPSA) is 219 Å². The highest BCUT2D eigenvalue weighted by molar-refractivity contribution is 6.41. The molecule has 1 unspecified atom stereocenters. The van der Waals surface area contributed by atoms with E-state index in [1.807, 2.05) is 0 Å². The highest BCUT2D eigenvalue weighted by Crippen LogP contribution is 2.33. The summed E-state index contributed by atoms with van der Waals surface area (Å²) in [5.74, 6) is -3.93. The number of ketones is 1. The number of rotatable bonds is 10. The van der Waals surface area contributed by atoms with Crippen LogP contribution >= 0.6 is 0 Å². The predicted octanol–water partition coefficient (Wildman–Crippen LogP) is 1.33. The molecule has 1 saturated carbocycles. The average Bonchev–Trinajstić information content (AvgIpc) is 3.79. The molecule has 2 aliphatic rings. The van der Waals surface area contributed by atoms with Crippen molar-refractivity contribution < 1.29 is 29.1 Å². The lowest BCUT2D eigenvalue weighted by molar-refractivity contribution is -0.139. The third-order valence-corrected chi connectivity index (χ3v) is 8.76. The molecule has 5 N–H and O–H groups in total. The number of H-pyrrole nitrogens is 1. The molecule has 244 valence electrons. The summed E-state index contributed by atoms with van der Waals surface area (Å²) in [6.07, 6.45) is 8.23. The number of hydrogen-bond acceptors (Lipinski definition) is 9. The maximum atomic E-state index is 14.4. The second kappa shape index (κ2) is 13.3. The van der Waals surface area contributed by atoms with Crippen LogP contribution in [0.3, 0.4) is 0 Å². The van der Waals surface area contributed by atoms with Crippen molar-refractivity contribution in [3.8, 4) is 0 Å². The predicted molar refractivity (Wildman–Crippen MR) is 165 cm³/mol. The number of aliphatic hydroxyl groups is 1. The number of Topliss-reactive ketones (excluding diaryl/α,β-unsaturated/α-hetero) is 1. The van der Waals surface area contributed by atoms with E-state index in [9.17, 15) is 29.1 Å². The highest BCUT2D eigenvalue weighted by atomic mass is 16.3. The molecule has 5 rings (SSSR count). The van der Waals surface area contributed by atoms with Crippen LogP contribution in [0.1, 0.15) is 87.8 Å². The fourth-order valence-electron chi connectivity index (χ4n) is 6.27. The van der Waals surface area contributed by atoms with Gasteiger partial charge in [0.05, 0.1) is 35.7 Å². The van der Waals surface area contributed by atoms with Gasteiger partial charge in [-0.1, -0.05) is 43.4 Å². The number of aliphatic imine (C=N–C) groups is 1. The normalized spacial score (nSPS) is 20.1. The van der Waals surface area contributed by atoms with Gasteiger partial charge in [-0.2, -0.15) is 5.10 Å². The lowest BCUT2D eigenvalue weighted by Crippen LogP contribution is -2.52. The van der Waals surface area contributed by atoms with E-state index in [1.165, 1.54) is 22.7 Å². The van der Waals surface area contributed by atoms with E-state index in [2.05, 4.69) is 30.8 Å². The second-order valence-electron chi connectivity index (χ2n) is 12.7. The number of aromatic amines is 1. The van der Waals surface area contributed by atoms with Crippen LogP contribution in [0.25, 0.3) is 10.9 Å². The Bertz CT molecular complexity index is 1680. The van der Waals surface area contributed by atoms with Gasteiger partial charge in [0.15, 0.2) is 0 Å². The van der Waals surface area contributed by atoms with Crippen LogP contribution in [0, 0.1) is 5.92 Å². The molecule has 1 aliphatic heterocycles. The summed E-state index contributed by atoms with van der Waals surface area (Å²) in [7, 11) is 0. The number of carbonyl (C=O) groups is 5. The van der Waals surface area contributed by atoms with E-state index in [1.54, 1.807) is 38.2 Å². The molecule has 0 spiro atoms. The molecule has 2 fully saturated rings. The van der Waals surface area contributed by atoms with Crippen molar-refractivity contribution in [1.82, 2.24) is 35.4 Å². The molecule has 2 aromatic heterocycles. The SMILES string of the molecule is CC(NC(=O)[C@@H]1C[C@H](n2nncc2C(C)(C)O)CN1C(=O)C(CC1CCCCC1)=NC(=O)c1ccc2cn[nH]c2c1)C(=O)C(N)=O. The van der Waals surface area contributed by atoms with Crippen LogP contribution in [0.5, 0.6) is 0 Å². The van der Waals surface area contributed by atoms with Gasteiger partial charge in [0, 0.05) is 23.9 Å². The zero-order chi connectivity index (χ0) is 33.2. The molecule has 3 heterocycles. The van der Waals surface area contributed by atoms with Crippen molar-refractivity contribution in [2.24, 2.45) is 16.6 Å². The van der Waals surface area contributed by atoms with Crippen molar-refractivity contribution in [2.45, 2.75) is 89.4 Å². The molecule has 15 nitrogen and oxygen atoms in total. The van der Waals surface area contributed by atoms with Gasteiger partial charge in [-0.15, -0.1) is 5.10 Å². The number of hydrogen-bond donors (Lipinski definition) is 4. The first-order valence-electron chi connectivity index (χ1n) is 15.5. The Labute approximate surface area is 265 Å².